The maximum atomic E-state index is 12.7. The number of benzene rings is 2. The van der Waals surface area contributed by atoms with Crippen LogP contribution >= 0.6 is 0 Å². The summed E-state index contributed by atoms with van der Waals surface area (Å²) in [6.45, 7) is 10.1. The SMILES string of the molecule is CC.CCC1(C(=O)Oc2c(C)cc(C)cc2-c2nc3ccccc3[nH]2)CC1. The normalized spacial score (nSPS) is 14.4. The molecule has 1 aromatic heterocycles. The molecule has 1 heterocycles. The molecule has 0 spiro atoms. The van der Waals surface area contributed by atoms with Gasteiger partial charge in [0.15, 0.2) is 0 Å². The minimum absolute atomic E-state index is 0.112. The fraction of sp³-hybridized carbons (Fsp3) is 0.391. The highest BCUT2D eigenvalue weighted by molar-refractivity contribution is 5.86. The Bertz CT molecular complexity index is 935. The third-order valence-corrected chi connectivity index (χ3v) is 5.22. The zero-order valence-electron chi connectivity index (χ0n) is 16.8. The van der Waals surface area contributed by atoms with Crippen LogP contribution < -0.4 is 4.74 Å². The Hall–Kier alpha value is -2.62. The van der Waals surface area contributed by atoms with Crippen molar-refractivity contribution in [3.8, 4) is 17.1 Å². The Labute approximate surface area is 161 Å². The quantitative estimate of drug-likeness (QED) is 0.458. The van der Waals surface area contributed by atoms with Gasteiger partial charge in [-0.3, -0.25) is 4.79 Å². The van der Waals surface area contributed by atoms with E-state index in [1.807, 2.05) is 64.1 Å². The van der Waals surface area contributed by atoms with E-state index in [1.165, 1.54) is 0 Å². The standard InChI is InChI=1S/C21H22N2O2.C2H6/c1-4-21(9-10-21)20(24)25-18-14(3)11-13(2)12-15(18)19-22-16-7-5-6-8-17(16)23-19;1-2/h5-8,11-12H,4,9-10H2,1-3H3,(H,22,23);1-2H3. The molecule has 0 radical (unpaired) electrons. The van der Waals surface area contributed by atoms with E-state index in [9.17, 15) is 4.79 Å². The molecule has 1 N–H and O–H groups in total. The van der Waals surface area contributed by atoms with E-state index in [0.717, 1.165) is 52.8 Å². The lowest BCUT2D eigenvalue weighted by Crippen LogP contribution is -2.22. The first-order chi connectivity index (χ1) is 13.0. The topological polar surface area (TPSA) is 55.0 Å². The number of nitrogens with one attached hydrogen (secondary N) is 1. The molecule has 0 aliphatic heterocycles. The third kappa shape index (κ3) is 3.61. The molecule has 2 aromatic carbocycles. The molecule has 1 aliphatic rings. The monoisotopic (exact) mass is 364 g/mol. The van der Waals surface area contributed by atoms with Crippen LogP contribution in [0.15, 0.2) is 36.4 Å². The Morgan fingerprint density at radius 3 is 2.52 bits per heavy atom. The molecule has 1 fully saturated rings. The minimum atomic E-state index is -0.275. The number of esters is 1. The van der Waals surface area contributed by atoms with Crippen molar-refractivity contribution in [2.24, 2.45) is 5.41 Å². The van der Waals surface area contributed by atoms with Gasteiger partial charge in [0.2, 0.25) is 0 Å². The first-order valence-corrected chi connectivity index (χ1v) is 9.81. The largest absolute Gasteiger partial charge is 0.425 e. The van der Waals surface area contributed by atoms with Crippen LogP contribution in [-0.4, -0.2) is 15.9 Å². The number of imidazole rings is 1. The van der Waals surface area contributed by atoms with Gasteiger partial charge in [-0.25, -0.2) is 4.98 Å². The molecule has 0 atom stereocenters. The maximum absolute atomic E-state index is 12.7. The molecule has 3 aromatic rings. The number of ether oxygens (including phenoxy) is 1. The number of hydrogen-bond donors (Lipinski definition) is 1. The van der Waals surface area contributed by atoms with E-state index in [2.05, 4.69) is 16.9 Å². The molecule has 27 heavy (non-hydrogen) atoms. The summed E-state index contributed by atoms with van der Waals surface area (Å²) in [6, 6.07) is 12.0. The smallest absolute Gasteiger partial charge is 0.317 e. The summed E-state index contributed by atoms with van der Waals surface area (Å²) in [5.41, 5.74) is 4.51. The van der Waals surface area contributed by atoms with Crippen LogP contribution in [0.3, 0.4) is 0 Å². The van der Waals surface area contributed by atoms with Gasteiger partial charge in [-0.05, 0) is 62.4 Å². The molecule has 0 unspecified atom stereocenters. The van der Waals surface area contributed by atoms with E-state index >= 15 is 0 Å². The van der Waals surface area contributed by atoms with Gasteiger partial charge < -0.3 is 9.72 Å². The predicted molar refractivity (Wildman–Crippen MR) is 110 cm³/mol. The molecule has 142 valence electrons. The molecule has 4 heteroatoms. The Morgan fingerprint density at radius 2 is 1.89 bits per heavy atom. The van der Waals surface area contributed by atoms with Crippen molar-refractivity contribution in [3.63, 3.8) is 0 Å². The highest BCUT2D eigenvalue weighted by Gasteiger charge is 2.50. The van der Waals surface area contributed by atoms with Gasteiger partial charge >= 0.3 is 5.97 Å². The van der Waals surface area contributed by atoms with E-state index in [0.29, 0.717) is 5.75 Å². The summed E-state index contributed by atoms with van der Waals surface area (Å²) in [4.78, 5) is 20.7. The van der Waals surface area contributed by atoms with Gasteiger partial charge in [-0.15, -0.1) is 0 Å². The highest BCUT2D eigenvalue weighted by atomic mass is 16.5. The van der Waals surface area contributed by atoms with Gasteiger partial charge in [-0.1, -0.05) is 39.0 Å². The van der Waals surface area contributed by atoms with Gasteiger partial charge in [0.25, 0.3) is 0 Å². The number of rotatable bonds is 4. The number of carbonyl (C=O) groups is 1. The van der Waals surface area contributed by atoms with Crippen LogP contribution in [-0.2, 0) is 4.79 Å². The summed E-state index contributed by atoms with van der Waals surface area (Å²) in [5, 5.41) is 0. The summed E-state index contributed by atoms with van der Waals surface area (Å²) in [5.74, 6) is 1.24. The van der Waals surface area contributed by atoms with Gasteiger partial charge in [0.1, 0.15) is 11.6 Å². The number of nitrogens with zero attached hydrogens (tertiary/aromatic N) is 1. The van der Waals surface area contributed by atoms with E-state index in [-0.39, 0.29) is 11.4 Å². The van der Waals surface area contributed by atoms with Gasteiger partial charge in [0.05, 0.1) is 22.0 Å². The fourth-order valence-electron chi connectivity index (χ4n) is 3.40. The van der Waals surface area contributed by atoms with Crippen LogP contribution in [0.2, 0.25) is 0 Å². The number of para-hydroxylation sites is 2. The number of carbonyl (C=O) groups excluding carboxylic acids is 1. The lowest BCUT2D eigenvalue weighted by molar-refractivity contribution is -0.140. The van der Waals surface area contributed by atoms with Crippen molar-refractivity contribution in [3.05, 3.63) is 47.5 Å². The summed E-state index contributed by atoms with van der Waals surface area (Å²) < 4.78 is 5.90. The zero-order valence-corrected chi connectivity index (χ0v) is 16.8. The third-order valence-electron chi connectivity index (χ3n) is 5.22. The van der Waals surface area contributed by atoms with E-state index in [1.54, 1.807) is 0 Å². The lowest BCUT2D eigenvalue weighted by Gasteiger charge is -2.16. The number of H-pyrrole nitrogens is 1. The van der Waals surface area contributed by atoms with Crippen LogP contribution in [0.25, 0.3) is 22.4 Å². The first-order valence-electron chi connectivity index (χ1n) is 9.81. The molecule has 0 amide bonds. The first kappa shape index (κ1) is 19.2. The maximum Gasteiger partial charge on any atom is 0.317 e. The molecular formula is C23H28N2O2. The molecule has 4 nitrogen and oxygen atoms in total. The molecule has 1 saturated carbocycles. The van der Waals surface area contributed by atoms with Gasteiger partial charge in [0, 0.05) is 0 Å². The Kier molecular flexibility index (Phi) is 5.36. The number of fused-ring (bicyclic) bond motifs is 1. The Morgan fingerprint density at radius 1 is 1.19 bits per heavy atom. The van der Waals surface area contributed by atoms with E-state index < -0.39 is 0 Å². The van der Waals surface area contributed by atoms with Crippen LogP contribution in [0.5, 0.6) is 5.75 Å². The van der Waals surface area contributed by atoms with Crippen molar-refractivity contribution in [1.82, 2.24) is 9.97 Å². The van der Waals surface area contributed by atoms with Gasteiger partial charge in [-0.2, -0.15) is 0 Å². The van der Waals surface area contributed by atoms with Crippen molar-refractivity contribution in [2.45, 2.75) is 53.9 Å². The van der Waals surface area contributed by atoms with Crippen molar-refractivity contribution >= 4 is 17.0 Å². The lowest BCUT2D eigenvalue weighted by atomic mass is 10.0. The zero-order chi connectivity index (χ0) is 19.6. The number of aromatic amines is 1. The number of hydrogen-bond acceptors (Lipinski definition) is 3. The molecule has 0 bridgehead atoms. The number of aryl methyl sites for hydroxylation is 2. The van der Waals surface area contributed by atoms with Crippen molar-refractivity contribution in [2.75, 3.05) is 0 Å². The summed E-state index contributed by atoms with van der Waals surface area (Å²) >= 11 is 0. The van der Waals surface area contributed by atoms with Crippen molar-refractivity contribution in [1.29, 1.82) is 0 Å². The summed E-state index contributed by atoms with van der Waals surface area (Å²) in [7, 11) is 0. The van der Waals surface area contributed by atoms with E-state index in [4.69, 9.17) is 4.74 Å². The average Bonchev–Trinajstić information content (AvgIpc) is 3.36. The second kappa shape index (κ2) is 7.55. The molecule has 1 aliphatic carbocycles. The van der Waals surface area contributed by atoms with Crippen LogP contribution in [0.4, 0.5) is 0 Å². The molecular weight excluding hydrogens is 336 g/mol. The summed E-state index contributed by atoms with van der Waals surface area (Å²) in [6.07, 6.45) is 2.68. The van der Waals surface area contributed by atoms with Crippen LogP contribution in [0.1, 0.15) is 51.2 Å². The number of aromatic nitrogens is 2. The molecule has 0 saturated heterocycles. The fourth-order valence-corrected chi connectivity index (χ4v) is 3.40. The van der Waals surface area contributed by atoms with Crippen molar-refractivity contribution < 1.29 is 9.53 Å². The molecule has 4 rings (SSSR count). The highest BCUT2D eigenvalue weighted by Crippen LogP contribution is 2.50. The Balaban J connectivity index is 0.00000102. The average molecular weight is 364 g/mol. The predicted octanol–water partition coefficient (Wildman–Crippen LogP) is 5.97. The minimum Gasteiger partial charge on any atom is -0.425 e. The second-order valence-electron chi connectivity index (χ2n) is 7.08. The van der Waals surface area contributed by atoms with Crippen LogP contribution in [0, 0.1) is 19.3 Å². The second-order valence-corrected chi connectivity index (χ2v) is 7.08.